The van der Waals surface area contributed by atoms with E-state index in [9.17, 15) is 9.59 Å². The summed E-state index contributed by atoms with van der Waals surface area (Å²) in [5, 5.41) is 0. The molecule has 0 N–H and O–H groups in total. The van der Waals surface area contributed by atoms with Gasteiger partial charge in [0, 0.05) is 25.1 Å². The van der Waals surface area contributed by atoms with Crippen LogP contribution in [0.4, 0.5) is 5.69 Å². The summed E-state index contributed by atoms with van der Waals surface area (Å²) < 4.78 is 5.01. The van der Waals surface area contributed by atoms with Crippen LogP contribution >= 0.6 is 0 Å². The van der Waals surface area contributed by atoms with Crippen molar-refractivity contribution in [2.45, 2.75) is 32.6 Å². The Morgan fingerprint density at radius 3 is 2.62 bits per heavy atom. The summed E-state index contributed by atoms with van der Waals surface area (Å²) in [6.07, 6.45) is 3.15. The number of benzene rings is 1. The first-order valence-corrected chi connectivity index (χ1v) is 7.61. The molecule has 1 aromatic carbocycles. The molecule has 0 unspecified atom stereocenters. The lowest BCUT2D eigenvalue weighted by Gasteiger charge is -2.25. The summed E-state index contributed by atoms with van der Waals surface area (Å²) in [6.45, 7) is 2.20. The Labute approximate surface area is 126 Å². The zero-order chi connectivity index (χ0) is 15.2. The van der Waals surface area contributed by atoms with Crippen LogP contribution in [0, 0.1) is 11.8 Å². The Balaban J connectivity index is 2.02. The van der Waals surface area contributed by atoms with Crippen molar-refractivity contribution in [1.29, 1.82) is 0 Å². The second kappa shape index (κ2) is 7.25. The average Bonchev–Trinajstić information content (AvgIpc) is 2.95. The molecule has 2 rings (SSSR count). The van der Waals surface area contributed by atoms with Gasteiger partial charge in [-0.05, 0) is 37.8 Å². The second-order valence-corrected chi connectivity index (χ2v) is 5.54. The van der Waals surface area contributed by atoms with Gasteiger partial charge in [0.05, 0.1) is 6.61 Å². The van der Waals surface area contributed by atoms with E-state index >= 15 is 0 Å². The highest BCUT2D eigenvalue weighted by molar-refractivity contribution is 5.95. The number of carbonyl (C=O) groups is 2. The Morgan fingerprint density at radius 1 is 1.24 bits per heavy atom. The van der Waals surface area contributed by atoms with Crippen molar-refractivity contribution < 1.29 is 14.3 Å². The van der Waals surface area contributed by atoms with Crippen molar-refractivity contribution in [3.8, 4) is 0 Å². The third-order valence-corrected chi connectivity index (χ3v) is 4.18. The minimum absolute atomic E-state index is 0.0698. The highest BCUT2D eigenvalue weighted by atomic mass is 16.5. The Bertz CT molecular complexity index is 486. The van der Waals surface area contributed by atoms with E-state index in [2.05, 4.69) is 0 Å². The van der Waals surface area contributed by atoms with Gasteiger partial charge in [-0.25, -0.2) is 0 Å². The van der Waals surface area contributed by atoms with Crippen LogP contribution in [0.15, 0.2) is 30.3 Å². The summed E-state index contributed by atoms with van der Waals surface area (Å²) in [7, 11) is 1.80. The fourth-order valence-electron chi connectivity index (χ4n) is 3.07. The SMILES string of the molecule is CCOC(=O)C[C@H]1CCC[C@@H]1C(=O)N(C)c1ccccc1. The molecule has 1 aromatic rings. The zero-order valence-electron chi connectivity index (χ0n) is 12.7. The molecule has 1 amide bonds. The molecule has 0 radical (unpaired) electrons. The van der Waals surface area contributed by atoms with Gasteiger partial charge in [0.2, 0.25) is 5.91 Å². The van der Waals surface area contributed by atoms with Gasteiger partial charge in [-0.2, -0.15) is 0 Å². The average molecular weight is 289 g/mol. The third kappa shape index (κ3) is 3.84. The molecule has 21 heavy (non-hydrogen) atoms. The van der Waals surface area contributed by atoms with Gasteiger partial charge in [0.1, 0.15) is 0 Å². The van der Waals surface area contributed by atoms with Gasteiger partial charge in [-0.1, -0.05) is 24.6 Å². The molecule has 0 spiro atoms. The normalized spacial score (nSPS) is 21.0. The first-order chi connectivity index (χ1) is 10.1. The summed E-state index contributed by atoms with van der Waals surface area (Å²) in [5.74, 6) is -0.0418. The molecule has 1 aliphatic rings. The molecule has 0 aromatic heterocycles. The second-order valence-electron chi connectivity index (χ2n) is 5.54. The molecule has 1 saturated carbocycles. The van der Waals surface area contributed by atoms with Crippen LogP contribution in [-0.4, -0.2) is 25.5 Å². The van der Waals surface area contributed by atoms with E-state index in [0.29, 0.717) is 13.0 Å². The van der Waals surface area contributed by atoms with E-state index in [0.717, 1.165) is 24.9 Å². The number of esters is 1. The first-order valence-electron chi connectivity index (χ1n) is 7.61. The zero-order valence-corrected chi connectivity index (χ0v) is 12.7. The fourth-order valence-corrected chi connectivity index (χ4v) is 3.07. The number of amides is 1. The molecule has 114 valence electrons. The molecule has 0 aliphatic heterocycles. The molecule has 4 nitrogen and oxygen atoms in total. The van der Waals surface area contributed by atoms with Crippen LogP contribution in [0.25, 0.3) is 0 Å². The van der Waals surface area contributed by atoms with Crippen LogP contribution in [0.5, 0.6) is 0 Å². The predicted molar refractivity (Wildman–Crippen MR) is 81.9 cm³/mol. The third-order valence-electron chi connectivity index (χ3n) is 4.18. The standard InChI is InChI=1S/C17H23NO3/c1-3-21-16(19)12-13-8-7-11-15(13)17(20)18(2)14-9-5-4-6-10-14/h4-6,9-10,13,15H,3,7-8,11-12H2,1-2H3/t13-,15+/m1/s1. The lowest BCUT2D eigenvalue weighted by molar-refractivity contribution is -0.144. The number of hydrogen-bond donors (Lipinski definition) is 0. The fraction of sp³-hybridized carbons (Fsp3) is 0.529. The number of anilines is 1. The van der Waals surface area contributed by atoms with Gasteiger partial charge < -0.3 is 9.64 Å². The minimum atomic E-state index is -0.190. The molecule has 0 heterocycles. The molecule has 0 saturated heterocycles. The van der Waals surface area contributed by atoms with Crippen molar-refractivity contribution in [2.75, 3.05) is 18.6 Å². The predicted octanol–water partition coefficient (Wildman–Crippen LogP) is 3.02. The molecule has 1 aliphatic carbocycles. The Morgan fingerprint density at radius 2 is 1.95 bits per heavy atom. The van der Waals surface area contributed by atoms with Gasteiger partial charge in [-0.15, -0.1) is 0 Å². The topological polar surface area (TPSA) is 46.6 Å². The smallest absolute Gasteiger partial charge is 0.306 e. The number of ether oxygens (including phenoxy) is 1. The van der Waals surface area contributed by atoms with Crippen LogP contribution < -0.4 is 4.90 Å². The number of hydrogen-bond acceptors (Lipinski definition) is 3. The molecular formula is C17H23NO3. The van der Waals surface area contributed by atoms with E-state index < -0.39 is 0 Å². The van der Waals surface area contributed by atoms with Gasteiger partial charge in [0.25, 0.3) is 0 Å². The number of nitrogens with zero attached hydrogens (tertiary/aromatic N) is 1. The molecule has 0 bridgehead atoms. The summed E-state index contributed by atoms with van der Waals surface area (Å²) >= 11 is 0. The van der Waals surface area contributed by atoms with Crippen LogP contribution in [-0.2, 0) is 14.3 Å². The van der Waals surface area contributed by atoms with Crippen molar-refractivity contribution in [3.05, 3.63) is 30.3 Å². The van der Waals surface area contributed by atoms with Crippen molar-refractivity contribution >= 4 is 17.6 Å². The number of para-hydroxylation sites is 1. The summed E-state index contributed by atoms with van der Waals surface area (Å²) in [5.41, 5.74) is 0.893. The highest BCUT2D eigenvalue weighted by Crippen LogP contribution is 2.36. The van der Waals surface area contributed by atoms with Gasteiger partial charge >= 0.3 is 5.97 Å². The van der Waals surface area contributed by atoms with E-state index in [-0.39, 0.29) is 23.7 Å². The van der Waals surface area contributed by atoms with Gasteiger partial charge in [0.15, 0.2) is 0 Å². The Hall–Kier alpha value is -1.84. The lowest BCUT2D eigenvalue weighted by atomic mass is 9.91. The van der Waals surface area contributed by atoms with E-state index in [1.807, 2.05) is 30.3 Å². The Kier molecular flexibility index (Phi) is 5.37. The quantitative estimate of drug-likeness (QED) is 0.783. The van der Waals surface area contributed by atoms with Crippen LogP contribution in [0.2, 0.25) is 0 Å². The molecule has 4 heteroatoms. The van der Waals surface area contributed by atoms with E-state index in [4.69, 9.17) is 4.74 Å². The number of rotatable bonds is 5. The largest absolute Gasteiger partial charge is 0.466 e. The highest BCUT2D eigenvalue weighted by Gasteiger charge is 2.36. The van der Waals surface area contributed by atoms with Gasteiger partial charge in [-0.3, -0.25) is 9.59 Å². The lowest BCUT2D eigenvalue weighted by Crippen LogP contribution is -2.35. The van der Waals surface area contributed by atoms with Crippen molar-refractivity contribution in [2.24, 2.45) is 11.8 Å². The minimum Gasteiger partial charge on any atom is -0.466 e. The van der Waals surface area contributed by atoms with Crippen molar-refractivity contribution in [1.82, 2.24) is 0 Å². The maximum absolute atomic E-state index is 12.7. The molecule has 2 atom stereocenters. The maximum atomic E-state index is 12.7. The summed E-state index contributed by atoms with van der Waals surface area (Å²) in [6, 6.07) is 9.62. The van der Waals surface area contributed by atoms with E-state index in [1.54, 1.807) is 18.9 Å². The first kappa shape index (κ1) is 15.5. The monoisotopic (exact) mass is 289 g/mol. The van der Waals surface area contributed by atoms with E-state index in [1.165, 1.54) is 0 Å². The van der Waals surface area contributed by atoms with Crippen molar-refractivity contribution in [3.63, 3.8) is 0 Å². The molecule has 1 fully saturated rings. The molecular weight excluding hydrogens is 266 g/mol. The van der Waals surface area contributed by atoms with Crippen LogP contribution in [0.3, 0.4) is 0 Å². The maximum Gasteiger partial charge on any atom is 0.306 e. The summed E-state index contributed by atoms with van der Waals surface area (Å²) in [4.78, 5) is 26.0. The van der Waals surface area contributed by atoms with Crippen LogP contribution in [0.1, 0.15) is 32.6 Å². The number of carbonyl (C=O) groups excluding carboxylic acids is 2.